The predicted molar refractivity (Wildman–Crippen MR) is 117 cm³/mol. The maximum atomic E-state index is 13.0. The van der Waals surface area contributed by atoms with Gasteiger partial charge in [-0.1, -0.05) is 50.2 Å². The highest BCUT2D eigenvalue weighted by Crippen LogP contribution is 2.26. The van der Waals surface area contributed by atoms with Crippen molar-refractivity contribution in [2.75, 3.05) is 10.6 Å². The molecule has 0 heterocycles. The van der Waals surface area contributed by atoms with Crippen LogP contribution in [0.15, 0.2) is 54.6 Å². The highest BCUT2D eigenvalue weighted by Gasteiger charge is 2.31. The van der Waals surface area contributed by atoms with E-state index in [4.69, 9.17) is 0 Å². The Balaban J connectivity index is 2.35. The van der Waals surface area contributed by atoms with Crippen molar-refractivity contribution < 1.29 is 18.1 Å². The summed E-state index contributed by atoms with van der Waals surface area (Å²) in [7, 11) is -3.88. The average molecular weight is 434 g/mol. The van der Waals surface area contributed by atoms with Gasteiger partial charge in [-0.15, -0.1) is 0 Å². The van der Waals surface area contributed by atoms with Gasteiger partial charge in [0.05, 0.1) is 22.9 Å². The Morgan fingerprint density at radius 2 is 1.73 bits per heavy atom. The van der Waals surface area contributed by atoms with Crippen LogP contribution in [0.1, 0.15) is 38.8 Å². The van der Waals surface area contributed by atoms with Crippen molar-refractivity contribution in [1.29, 1.82) is 0 Å². The molecule has 0 fully saturated rings. The van der Waals surface area contributed by atoms with Gasteiger partial charge >= 0.3 is 0 Å². The van der Waals surface area contributed by atoms with E-state index in [-0.39, 0.29) is 17.4 Å². The average Bonchev–Trinajstić information content (AvgIpc) is 2.67. The molecule has 0 aliphatic carbocycles. The van der Waals surface area contributed by atoms with Crippen LogP contribution in [0.4, 0.5) is 11.4 Å². The van der Waals surface area contributed by atoms with E-state index in [1.54, 1.807) is 0 Å². The topological polar surface area (TPSA) is 110 Å². The number of sulfonamides is 1. The Kier molecular flexibility index (Phi) is 7.55. The van der Waals surface area contributed by atoms with Gasteiger partial charge in [-0.25, -0.2) is 8.42 Å². The van der Waals surface area contributed by atoms with Gasteiger partial charge < -0.3 is 5.32 Å². The van der Waals surface area contributed by atoms with Crippen molar-refractivity contribution in [3.05, 3.63) is 70.3 Å². The quantitative estimate of drug-likeness (QED) is 0.479. The number of nitro groups is 1. The molecule has 0 spiro atoms. The number of benzene rings is 2. The number of carbonyl (C=O) groups is 1. The van der Waals surface area contributed by atoms with E-state index in [0.717, 1.165) is 22.2 Å². The van der Waals surface area contributed by atoms with E-state index in [2.05, 4.69) is 5.32 Å². The zero-order valence-electron chi connectivity index (χ0n) is 17.5. The molecule has 2 aromatic carbocycles. The molecule has 0 saturated heterocycles. The Bertz CT molecular complexity index is 993. The number of nitrogens with zero attached hydrogens (tertiary/aromatic N) is 2. The number of amides is 1. The van der Waals surface area contributed by atoms with Crippen molar-refractivity contribution in [1.82, 2.24) is 5.32 Å². The molecule has 0 saturated carbocycles. The number of nitro benzene ring substituents is 1. The molecular formula is C21H27N3O5S. The minimum atomic E-state index is -3.88. The van der Waals surface area contributed by atoms with Crippen LogP contribution in [0.2, 0.25) is 0 Å². The number of non-ortho nitro benzene ring substituents is 1. The first-order chi connectivity index (χ1) is 14.0. The van der Waals surface area contributed by atoms with Crippen LogP contribution in [-0.4, -0.2) is 31.5 Å². The molecule has 30 heavy (non-hydrogen) atoms. The maximum absolute atomic E-state index is 13.0. The molecule has 0 bridgehead atoms. The monoisotopic (exact) mass is 433 g/mol. The van der Waals surface area contributed by atoms with Crippen molar-refractivity contribution in [3.8, 4) is 0 Å². The summed E-state index contributed by atoms with van der Waals surface area (Å²) in [5, 5.41) is 14.0. The molecular weight excluding hydrogens is 406 g/mol. The van der Waals surface area contributed by atoms with E-state index < -0.39 is 26.9 Å². The Hall–Kier alpha value is -2.94. The molecule has 2 rings (SSSR count). The zero-order valence-corrected chi connectivity index (χ0v) is 18.3. The summed E-state index contributed by atoms with van der Waals surface area (Å²) in [5.41, 5.74) is 0.734. The first kappa shape index (κ1) is 23.3. The first-order valence-electron chi connectivity index (χ1n) is 9.60. The molecule has 2 aromatic rings. The lowest BCUT2D eigenvalue weighted by Crippen LogP contribution is -2.48. The van der Waals surface area contributed by atoms with E-state index in [0.29, 0.717) is 12.3 Å². The summed E-state index contributed by atoms with van der Waals surface area (Å²) in [6, 6.07) is 13.3. The van der Waals surface area contributed by atoms with Crippen LogP contribution >= 0.6 is 0 Å². The Morgan fingerprint density at radius 1 is 1.10 bits per heavy atom. The minimum Gasteiger partial charge on any atom is -0.347 e. The van der Waals surface area contributed by atoms with Crippen LogP contribution in [0.5, 0.6) is 0 Å². The molecule has 1 N–H and O–H groups in total. The number of rotatable bonds is 9. The van der Waals surface area contributed by atoms with Gasteiger partial charge in [0.15, 0.2) is 0 Å². The van der Waals surface area contributed by atoms with E-state index in [9.17, 15) is 23.3 Å². The van der Waals surface area contributed by atoms with Crippen LogP contribution in [0.3, 0.4) is 0 Å². The first-order valence-corrected chi connectivity index (χ1v) is 11.4. The van der Waals surface area contributed by atoms with Crippen LogP contribution in [0.25, 0.3) is 0 Å². The second-order valence-corrected chi connectivity index (χ2v) is 9.47. The lowest BCUT2D eigenvalue weighted by atomic mass is 9.96. The van der Waals surface area contributed by atoms with Crippen LogP contribution in [-0.2, 0) is 14.8 Å². The number of nitrogens with one attached hydrogen (secondary N) is 1. The number of anilines is 1. The SMILES string of the molecule is CC(C)C[C@@H](NC(=O)[C@H](C)N(c1cccc([N+](=O)[O-])c1)S(C)(=O)=O)c1ccccc1. The third-order valence-corrected chi connectivity index (χ3v) is 5.85. The third kappa shape index (κ3) is 6.03. The molecule has 0 aliphatic heterocycles. The van der Waals surface area contributed by atoms with Crippen LogP contribution < -0.4 is 9.62 Å². The van der Waals surface area contributed by atoms with Gasteiger partial charge in [0.1, 0.15) is 6.04 Å². The van der Waals surface area contributed by atoms with E-state index >= 15 is 0 Å². The molecule has 0 radical (unpaired) electrons. The predicted octanol–water partition coefficient (Wildman–Crippen LogP) is 3.65. The second-order valence-electron chi connectivity index (χ2n) is 7.61. The largest absolute Gasteiger partial charge is 0.347 e. The molecule has 0 unspecified atom stereocenters. The molecule has 9 heteroatoms. The van der Waals surface area contributed by atoms with Gasteiger partial charge in [0.2, 0.25) is 15.9 Å². The minimum absolute atomic E-state index is 0.0643. The van der Waals surface area contributed by atoms with Crippen LogP contribution in [0, 0.1) is 16.0 Å². The summed E-state index contributed by atoms with van der Waals surface area (Å²) in [6.45, 7) is 5.54. The number of hydrogen-bond donors (Lipinski definition) is 1. The highest BCUT2D eigenvalue weighted by atomic mass is 32.2. The summed E-state index contributed by atoms with van der Waals surface area (Å²) in [6.07, 6.45) is 1.65. The standard InChI is InChI=1S/C21H27N3O5S/c1-15(2)13-20(17-9-6-5-7-10-17)22-21(25)16(3)23(30(4,28)29)18-11-8-12-19(14-18)24(26)27/h5-12,14-16,20H,13H2,1-4H3,(H,22,25)/t16-,20+/m0/s1. The fraction of sp³-hybridized carbons (Fsp3) is 0.381. The van der Waals surface area contributed by atoms with Gasteiger partial charge in [-0.05, 0) is 30.9 Å². The van der Waals surface area contributed by atoms with E-state index in [1.807, 2.05) is 44.2 Å². The van der Waals surface area contributed by atoms with Gasteiger partial charge in [0, 0.05) is 12.1 Å². The lowest BCUT2D eigenvalue weighted by Gasteiger charge is -2.30. The summed E-state index contributed by atoms with van der Waals surface area (Å²) in [4.78, 5) is 23.5. The highest BCUT2D eigenvalue weighted by molar-refractivity contribution is 7.92. The fourth-order valence-electron chi connectivity index (χ4n) is 3.28. The summed E-state index contributed by atoms with van der Waals surface area (Å²) in [5.74, 6) is -0.185. The molecule has 0 aliphatic rings. The van der Waals surface area contributed by atoms with Crippen molar-refractivity contribution in [3.63, 3.8) is 0 Å². The number of carbonyl (C=O) groups excluding carboxylic acids is 1. The molecule has 1 amide bonds. The summed E-state index contributed by atoms with van der Waals surface area (Å²) < 4.78 is 25.8. The molecule has 2 atom stereocenters. The fourth-order valence-corrected chi connectivity index (χ4v) is 4.45. The normalized spacial score (nSPS) is 13.5. The summed E-state index contributed by atoms with van der Waals surface area (Å²) >= 11 is 0. The second kappa shape index (κ2) is 9.71. The number of hydrogen-bond acceptors (Lipinski definition) is 5. The van der Waals surface area contributed by atoms with Gasteiger partial charge in [-0.3, -0.25) is 19.2 Å². The Labute approximate surface area is 177 Å². The zero-order chi connectivity index (χ0) is 22.5. The molecule has 162 valence electrons. The molecule has 8 nitrogen and oxygen atoms in total. The molecule has 0 aromatic heterocycles. The van der Waals surface area contributed by atoms with Gasteiger partial charge in [0.25, 0.3) is 5.69 Å². The third-order valence-electron chi connectivity index (χ3n) is 4.61. The maximum Gasteiger partial charge on any atom is 0.271 e. The van der Waals surface area contributed by atoms with Crippen molar-refractivity contribution in [2.24, 2.45) is 5.92 Å². The smallest absolute Gasteiger partial charge is 0.271 e. The Morgan fingerprint density at radius 3 is 2.27 bits per heavy atom. The van der Waals surface area contributed by atoms with Crippen molar-refractivity contribution in [2.45, 2.75) is 39.3 Å². The van der Waals surface area contributed by atoms with Gasteiger partial charge in [-0.2, -0.15) is 0 Å². The van der Waals surface area contributed by atoms with E-state index in [1.165, 1.54) is 25.1 Å². The lowest BCUT2D eigenvalue weighted by molar-refractivity contribution is -0.384. The van der Waals surface area contributed by atoms with Crippen molar-refractivity contribution >= 4 is 27.3 Å².